The molecule has 0 saturated carbocycles. The van der Waals surface area contributed by atoms with Gasteiger partial charge in [0.15, 0.2) is 0 Å². The maximum Gasteiger partial charge on any atom is 0.341 e. The van der Waals surface area contributed by atoms with Crippen LogP contribution >= 0.6 is 0 Å². The number of aromatic amines is 1. The number of pyridine rings is 1. The van der Waals surface area contributed by atoms with Crippen LogP contribution in [0.5, 0.6) is 0 Å². The predicted octanol–water partition coefficient (Wildman–Crippen LogP) is 2.43. The minimum absolute atomic E-state index is 0.200. The number of aromatic nitrogens is 2. The number of likely N-dealkylation sites (tertiary alicyclic amines) is 1. The minimum atomic E-state index is -0.399. The molecule has 3 heterocycles. The predicted molar refractivity (Wildman–Crippen MR) is 111 cm³/mol. The molecule has 29 heavy (non-hydrogen) atoms. The third-order valence-corrected chi connectivity index (χ3v) is 5.69. The number of carbonyl (C=O) groups excluding carboxylic acids is 1. The first-order valence-electron chi connectivity index (χ1n) is 10.0. The third-order valence-electron chi connectivity index (χ3n) is 5.69. The van der Waals surface area contributed by atoms with Crippen molar-refractivity contribution in [3.63, 3.8) is 0 Å². The minimum Gasteiger partial charge on any atom is -0.460 e. The molecule has 0 radical (unpaired) electrons. The number of carbonyl (C=O) groups is 1. The summed E-state index contributed by atoms with van der Waals surface area (Å²) in [5.41, 5.74) is 2.03. The molecule has 0 aliphatic carbocycles. The second-order valence-electron chi connectivity index (χ2n) is 7.54. The molecular formula is C21H29N5O3. The van der Waals surface area contributed by atoms with Gasteiger partial charge in [-0.25, -0.2) is 9.78 Å². The van der Waals surface area contributed by atoms with Gasteiger partial charge in [-0.15, -0.1) is 0 Å². The molecule has 0 aromatic carbocycles. The fraction of sp³-hybridized carbons (Fsp3) is 0.571. The Hall–Kier alpha value is -2.63. The van der Waals surface area contributed by atoms with E-state index in [1.54, 1.807) is 13.3 Å². The van der Waals surface area contributed by atoms with Crippen LogP contribution in [0.4, 0.5) is 5.69 Å². The van der Waals surface area contributed by atoms with Crippen LogP contribution in [-0.2, 0) is 9.47 Å². The highest BCUT2D eigenvalue weighted by Crippen LogP contribution is 2.33. The lowest BCUT2D eigenvalue weighted by Gasteiger charge is -2.43. The van der Waals surface area contributed by atoms with Crippen molar-refractivity contribution in [2.24, 2.45) is 5.92 Å². The Bertz CT molecular complexity index is 875. The smallest absolute Gasteiger partial charge is 0.341 e. The fourth-order valence-electron chi connectivity index (χ4n) is 4.01. The molecular weight excluding hydrogens is 370 g/mol. The Kier molecular flexibility index (Phi) is 7.07. The molecule has 2 aromatic rings. The monoisotopic (exact) mass is 399 g/mol. The van der Waals surface area contributed by atoms with Crippen LogP contribution < -0.4 is 4.90 Å². The number of likely N-dealkylation sites (N-methyl/N-ethyl adjacent to an activating group) is 1. The lowest BCUT2D eigenvalue weighted by atomic mass is 9.91. The number of nitrogens with one attached hydrogen (secondary N) is 1. The summed E-state index contributed by atoms with van der Waals surface area (Å²) >= 11 is 0. The standard InChI is InChI=1S/C21H29N5O3/c1-15-6-10-26(9-4-7-22)14-18(15)25(2)19-16-5-8-23-20(16)24-13-17(19)21(27)29-12-11-28-3/h5,8,13,15,18H,4,6,9-12,14H2,1-3H3,(H,23,24)/t15-,18+/m1/s1. The molecule has 1 saturated heterocycles. The number of nitriles is 1. The highest BCUT2D eigenvalue weighted by atomic mass is 16.6. The molecule has 1 fully saturated rings. The van der Waals surface area contributed by atoms with E-state index in [1.165, 1.54) is 0 Å². The van der Waals surface area contributed by atoms with E-state index in [9.17, 15) is 4.79 Å². The van der Waals surface area contributed by atoms with Crippen molar-refractivity contribution in [1.29, 1.82) is 5.26 Å². The zero-order valence-corrected chi connectivity index (χ0v) is 17.4. The van der Waals surface area contributed by atoms with Crippen molar-refractivity contribution in [1.82, 2.24) is 14.9 Å². The molecule has 3 rings (SSSR count). The molecule has 1 aliphatic rings. The zero-order chi connectivity index (χ0) is 20.8. The molecule has 1 N–H and O–H groups in total. The summed E-state index contributed by atoms with van der Waals surface area (Å²) in [6, 6.07) is 4.39. The number of ether oxygens (including phenoxy) is 2. The van der Waals surface area contributed by atoms with E-state index in [0.29, 0.717) is 24.5 Å². The second kappa shape index (κ2) is 9.72. The van der Waals surface area contributed by atoms with Crippen LogP contribution in [0, 0.1) is 17.2 Å². The highest BCUT2D eigenvalue weighted by Gasteiger charge is 2.32. The van der Waals surface area contributed by atoms with Crippen molar-refractivity contribution >= 4 is 22.7 Å². The van der Waals surface area contributed by atoms with Gasteiger partial charge in [0, 0.05) is 57.5 Å². The van der Waals surface area contributed by atoms with Gasteiger partial charge in [-0.3, -0.25) is 0 Å². The van der Waals surface area contributed by atoms with E-state index in [-0.39, 0.29) is 12.6 Å². The Balaban J connectivity index is 1.91. The quantitative estimate of drug-likeness (QED) is 0.538. The summed E-state index contributed by atoms with van der Waals surface area (Å²) in [5, 5.41) is 9.82. The molecule has 156 valence electrons. The summed E-state index contributed by atoms with van der Waals surface area (Å²) in [5.74, 6) is 0.0575. The Morgan fingerprint density at radius 2 is 2.31 bits per heavy atom. The summed E-state index contributed by atoms with van der Waals surface area (Å²) in [4.78, 5) is 24.8. The first-order chi connectivity index (χ1) is 14.1. The third kappa shape index (κ3) is 4.69. The van der Waals surface area contributed by atoms with E-state index in [1.807, 2.05) is 19.3 Å². The number of methoxy groups -OCH3 is 1. The van der Waals surface area contributed by atoms with Gasteiger partial charge >= 0.3 is 5.97 Å². The molecule has 0 unspecified atom stereocenters. The largest absolute Gasteiger partial charge is 0.460 e. The van der Waals surface area contributed by atoms with Crippen LogP contribution in [0.2, 0.25) is 0 Å². The van der Waals surface area contributed by atoms with E-state index in [0.717, 1.165) is 42.8 Å². The number of piperidine rings is 1. The molecule has 8 heteroatoms. The number of H-pyrrole nitrogens is 1. The Labute approximate surface area is 171 Å². The van der Waals surface area contributed by atoms with E-state index < -0.39 is 5.97 Å². The molecule has 1 aliphatic heterocycles. The highest BCUT2D eigenvalue weighted by molar-refractivity contribution is 6.04. The summed E-state index contributed by atoms with van der Waals surface area (Å²) in [6.07, 6.45) is 4.99. The number of rotatable bonds is 8. The summed E-state index contributed by atoms with van der Waals surface area (Å²) in [7, 11) is 3.60. The maximum atomic E-state index is 12.8. The van der Waals surface area contributed by atoms with Gasteiger partial charge in [0.05, 0.1) is 18.4 Å². The fourth-order valence-corrected chi connectivity index (χ4v) is 4.01. The number of nitrogens with zero attached hydrogens (tertiary/aromatic N) is 4. The lowest BCUT2D eigenvalue weighted by molar-refractivity contribution is 0.0388. The number of hydrogen-bond donors (Lipinski definition) is 1. The van der Waals surface area contributed by atoms with Gasteiger partial charge in [-0.05, 0) is 24.9 Å². The van der Waals surface area contributed by atoms with Crippen LogP contribution in [0.3, 0.4) is 0 Å². The molecule has 8 nitrogen and oxygen atoms in total. The number of fused-ring (bicyclic) bond motifs is 1. The number of esters is 1. The van der Waals surface area contributed by atoms with Gasteiger partial charge in [-0.1, -0.05) is 6.92 Å². The van der Waals surface area contributed by atoms with Crippen LogP contribution in [-0.4, -0.2) is 73.9 Å². The van der Waals surface area contributed by atoms with Gasteiger partial charge in [0.2, 0.25) is 0 Å². The van der Waals surface area contributed by atoms with Crippen LogP contribution in [0.1, 0.15) is 30.1 Å². The van der Waals surface area contributed by atoms with Gasteiger partial charge in [-0.2, -0.15) is 5.26 Å². The number of anilines is 1. The SMILES string of the molecule is COCCOC(=O)c1cnc2[nH]ccc2c1N(C)[C@H]1CN(CCC#N)CC[C@H]1C. The van der Waals surface area contributed by atoms with Gasteiger partial charge in [0.1, 0.15) is 17.8 Å². The van der Waals surface area contributed by atoms with Crippen molar-refractivity contribution in [3.8, 4) is 6.07 Å². The van der Waals surface area contributed by atoms with E-state index in [4.69, 9.17) is 14.7 Å². The second-order valence-corrected chi connectivity index (χ2v) is 7.54. The van der Waals surface area contributed by atoms with Gasteiger partial charge < -0.3 is 24.3 Å². The average molecular weight is 399 g/mol. The topological polar surface area (TPSA) is 94.5 Å². The van der Waals surface area contributed by atoms with Crippen molar-refractivity contribution in [3.05, 3.63) is 24.0 Å². The Morgan fingerprint density at radius 1 is 1.48 bits per heavy atom. The van der Waals surface area contributed by atoms with Gasteiger partial charge in [0.25, 0.3) is 0 Å². The van der Waals surface area contributed by atoms with Crippen molar-refractivity contribution < 1.29 is 14.3 Å². The lowest BCUT2D eigenvalue weighted by Crippen LogP contribution is -2.51. The normalized spacial score (nSPS) is 19.8. The summed E-state index contributed by atoms with van der Waals surface area (Å²) < 4.78 is 10.4. The zero-order valence-electron chi connectivity index (χ0n) is 17.4. The van der Waals surface area contributed by atoms with Crippen LogP contribution in [0.15, 0.2) is 18.5 Å². The average Bonchev–Trinajstić information content (AvgIpc) is 3.21. The Morgan fingerprint density at radius 3 is 3.07 bits per heavy atom. The first kappa shape index (κ1) is 21.1. The van der Waals surface area contributed by atoms with Crippen molar-refractivity contribution in [2.45, 2.75) is 25.8 Å². The number of hydrogen-bond acceptors (Lipinski definition) is 7. The first-order valence-corrected chi connectivity index (χ1v) is 10.0. The van der Waals surface area contributed by atoms with Crippen LogP contribution in [0.25, 0.3) is 11.0 Å². The molecule has 2 aromatic heterocycles. The van der Waals surface area contributed by atoms with Crippen molar-refractivity contribution in [2.75, 3.05) is 51.9 Å². The molecule has 0 bridgehead atoms. The van der Waals surface area contributed by atoms with E-state index in [2.05, 4.69) is 32.8 Å². The molecule has 2 atom stereocenters. The summed E-state index contributed by atoms with van der Waals surface area (Å²) in [6.45, 7) is 5.42. The molecule has 0 spiro atoms. The van der Waals surface area contributed by atoms with E-state index >= 15 is 0 Å². The molecule has 0 amide bonds. The maximum absolute atomic E-state index is 12.8.